The van der Waals surface area contributed by atoms with Crippen LogP contribution in [0.4, 0.5) is 0 Å². The van der Waals surface area contributed by atoms with Gasteiger partial charge in [0.25, 0.3) is 0 Å². The van der Waals surface area contributed by atoms with Crippen LogP contribution in [0.2, 0.25) is 0 Å². The first-order valence-electron chi connectivity index (χ1n) is 6.52. The van der Waals surface area contributed by atoms with Crippen molar-refractivity contribution in [3.05, 3.63) is 29.3 Å². The zero-order chi connectivity index (χ0) is 14.3. The number of hydrogen-bond acceptors (Lipinski definition) is 4. The molecule has 0 aromatic heterocycles. The van der Waals surface area contributed by atoms with Gasteiger partial charge in [0.1, 0.15) is 5.75 Å². The minimum Gasteiger partial charge on any atom is -0.496 e. The molecule has 19 heavy (non-hydrogen) atoms. The largest absolute Gasteiger partial charge is 0.496 e. The molecule has 0 amide bonds. The predicted octanol–water partition coefficient (Wildman–Crippen LogP) is 2.32. The lowest BCUT2D eigenvalue weighted by molar-refractivity contribution is 0.0276. The summed E-state index contributed by atoms with van der Waals surface area (Å²) in [7, 11) is 5.08. The van der Waals surface area contributed by atoms with Crippen LogP contribution >= 0.6 is 0 Å². The molecule has 0 aliphatic heterocycles. The van der Waals surface area contributed by atoms with E-state index in [0.29, 0.717) is 6.61 Å². The van der Waals surface area contributed by atoms with E-state index in [9.17, 15) is 0 Å². The van der Waals surface area contributed by atoms with E-state index in [2.05, 4.69) is 37.4 Å². The highest BCUT2D eigenvalue weighted by molar-refractivity contribution is 5.39. The fraction of sp³-hybridized carbons (Fsp3) is 0.600. The molecule has 0 saturated heterocycles. The number of nitrogens with one attached hydrogen (secondary N) is 1. The molecular formula is C15H25NO3. The van der Waals surface area contributed by atoms with E-state index >= 15 is 0 Å². The summed E-state index contributed by atoms with van der Waals surface area (Å²) in [5, 5.41) is 3.44. The van der Waals surface area contributed by atoms with E-state index in [1.165, 1.54) is 5.56 Å². The van der Waals surface area contributed by atoms with Crippen LogP contribution in [0.15, 0.2) is 18.2 Å². The van der Waals surface area contributed by atoms with Crippen LogP contribution in [0.25, 0.3) is 0 Å². The van der Waals surface area contributed by atoms with Crippen molar-refractivity contribution < 1.29 is 14.2 Å². The number of ether oxygens (including phenoxy) is 3. The highest BCUT2D eigenvalue weighted by atomic mass is 16.5. The molecule has 1 aromatic rings. The molecule has 1 N–H and O–H groups in total. The molecule has 108 valence electrons. The van der Waals surface area contributed by atoms with Crippen molar-refractivity contribution in [2.75, 3.05) is 34.5 Å². The summed E-state index contributed by atoms with van der Waals surface area (Å²) in [5.74, 6) is 0.917. The summed E-state index contributed by atoms with van der Waals surface area (Å²) in [6, 6.07) is 6.45. The summed E-state index contributed by atoms with van der Waals surface area (Å²) in [5.41, 5.74) is 2.35. The van der Waals surface area contributed by atoms with Gasteiger partial charge in [-0.2, -0.15) is 0 Å². The van der Waals surface area contributed by atoms with Gasteiger partial charge in [-0.05, 0) is 25.5 Å². The number of hydrogen-bond donors (Lipinski definition) is 1. The first-order chi connectivity index (χ1) is 9.12. The third-order valence-electron chi connectivity index (χ3n) is 3.19. The number of methoxy groups -OCH3 is 3. The Morgan fingerprint density at radius 3 is 2.53 bits per heavy atom. The Kier molecular flexibility index (Phi) is 6.84. The Labute approximate surface area is 116 Å². The first kappa shape index (κ1) is 16.0. The average molecular weight is 267 g/mol. The molecule has 2 unspecified atom stereocenters. The molecule has 1 rings (SSSR count). The van der Waals surface area contributed by atoms with Crippen LogP contribution in [-0.4, -0.2) is 40.6 Å². The van der Waals surface area contributed by atoms with Crippen LogP contribution in [-0.2, 0) is 9.47 Å². The molecule has 0 spiro atoms. The van der Waals surface area contributed by atoms with Crippen molar-refractivity contribution in [2.45, 2.75) is 26.0 Å². The summed E-state index contributed by atoms with van der Waals surface area (Å²) < 4.78 is 15.9. The van der Waals surface area contributed by atoms with Crippen LogP contribution in [0.5, 0.6) is 5.75 Å². The summed E-state index contributed by atoms with van der Waals surface area (Å²) >= 11 is 0. The van der Waals surface area contributed by atoms with Gasteiger partial charge in [0, 0.05) is 32.4 Å². The monoisotopic (exact) mass is 267 g/mol. The van der Waals surface area contributed by atoms with Gasteiger partial charge in [-0.3, -0.25) is 0 Å². The fourth-order valence-electron chi connectivity index (χ4n) is 1.99. The smallest absolute Gasteiger partial charge is 0.123 e. The van der Waals surface area contributed by atoms with Crippen molar-refractivity contribution in [1.29, 1.82) is 0 Å². The van der Waals surface area contributed by atoms with Crippen LogP contribution in [0.1, 0.15) is 24.1 Å². The van der Waals surface area contributed by atoms with Gasteiger partial charge in [0.15, 0.2) is 0 Å². The molecule has 0 aliphatic rings. The lowest BCUT2D eigenvalue weighted by Crippen LogP contribution is -2.33. The molecule has 0 bridgehead atoms. The minimum atomic E-state index is 0.0592. The van der Waals surface area contributed by atoms with Gasteiger partial charge in [0.05, 0.1) is 19.8 Å². The standard InChI is InChI=1S/C15H25NO3/c1-11-6-7-14(15(8-11)19-5)12(2)16-9-13(18-4)10-17-3/h6-8,12-13,16H,9-10H2,1-5H3. The lowest BCUT2D eigenvalue weighted by Gasteiger charge is -2.21. The third kappa shape index (κ3) is 4.82. The maximum atomic E-state index is 5.43. The van der Waals surface area contributed by atoms with Crippen LogP contribution < -0.4 is 10.1 Å². The summed E-state index contributed by atoms with van der Waals surface area (Å²) in [6.07, 6.45) is 0.0592. The molecule has 0 fully saturated rings. The van der Waals surface area contributed by atoms with Gasteiger partial charge in [0.2, 0.25) is 0 Å². The Balaban J connectivity index is 2.64. The van der Waals surface area contributed by atoms with E-state index in [1.807, 2.05) is 0 Å². The molecule has 0 heterocycles. The number of benzene rings is 1. The second-order valence-electron chi connectivity index (χ2n) is 4.69. The lowest BCUT2D eigenvalue weighted by atomic mass is 10.0. The van der Waals surface area contributed by atoms with Crippen molar-refractivity contribution >= 4 is 0 Å². The van der Waals surface area contributed by atoms with Crippen LogP contribution in [0.3, 0.4) is 0 Å². The SMILES string of the molecule is COCC(CNC(C)c1ccc(C)cc1OC)OC. The van der Waals surface area contributed by atoms with Gasteiger partial charge in [-0.1, -0.05) is 12.1 Å². The van der Waals surface area contributed by atoms with Crippen molar-refractivity contribution in [2.24, 2.45) is 0 Å². The molecule has 1 aromatic carbocycles. The molecule has 4 heteroatoms. The summed E-state index contributed by atoms with van der Waals surface area (Å²) in [4.78, 5) is 0. The first-order valence-corrected chi connectivity index (χ1v) is 6.52. The number of rotatable bonds is 8. The maximum Gasteiger partial charge on any atom is 0.123 e. The fourth-order valence-corrected chi connectivity index (χ4v) is 1.99. The second-order valence-corrected chi connectivity index (χ2v) is 4.69. The normalized spacial score (nSPS) is 14.2. The Bertz CT molecular complexity index is 382. The zero-order valence-corrected chi connectivity index (χ0v) is 12.5. The molecule has 0 radical (unpaired) electrons. The van der Waals surface area contributed by atoms with Gasteiger partial charge >= 0.3 is 0 Å². The quantitative estimate of drug-likeness (QED) is 0.784. The molecule has 4 nitrogen and oxygen atoms in total. The molecular weight excluding hydrogens is 242 g/mol. The Morgan fingerprint density at radius 1 is 1.21 bits per heavy atom. The predicted molar refractivity (Wildman–Crippen MR) is 76.8 cm³/mol. The topological polar surface area (TPSA) is 39.7 Å². The maximum absolute atomic E-state index is 5.43. The minimum absolute atomic E-state index is 0.0592. The van der Waals surface area contributed by atoms with E-state index in [4.69, 9.17) is 14.2 Å². The van der Waals surface area contributed by atoms with Crippen LogP contribution in [0, 0.1) is 6.92 Å². The van der Waals surface area contributed by atoms with Gasteiger partial charge in [-0.25, -0.2) is 0 Å². The second kappa shape index (κ2) is 8.15. The number of aryl methyl sites for hydroxylation is 1. The molecule has 0 aliphatic carbocycles. The van der Waals surface area contributed by atoms with Crippen molar-refractivity contribution in [1.82, 2.24) is 5.32 Å². The van der Waals surface area contributed by atoms with E-state index in [1.54, 1.807) is 21.3 Å². The highest BCUT2D eigenvalue weighted by Gasteiger charge is 2.13. The van der Waals surface area contributed by atoms with E-state index in [0.717, 1.165) is 17.9 Å². The molecule has 0 saturated carbocycles. The van der Waals surface area contributed by atoms with Crippen molar-refractivity contribution in [3.8, 4) is 5.75 Å². The average Bonchev–Trinajstić information content (AvgIpc) is 2.42. The highest BCUT2D eigenvalue weighted by Crippen LogP contribution is 2.25. The van der Waals surface area contributed by atoms with E-state index < -0.39 is 0 Å². The third-order valence-corrected chi connectivity index (χ3v) is 3.19. The van der Waals surface area contributed by atoms with E-state index in [-0.39, 0.29) is 12.1 Å². The Hall–Kier alpha value is -1.10. The van der Waals surface area contributed by atoms with Gasteiger partial charge in [-0.15, -0.1) is 0 Å². The zero-order valence-electron chi connectivity index (χ0n) is 12.5. The van der Waals surface area contributed by atoms with Crippen molar-refractivity contribution in [3.63, 3.8) is 0 Å². The Morgan fingerprint density at radius 2 is 1.95 bits per heavy atom. The van der Waals surface area contributed by atoms with Gasteiger partial charge < -0.3 is 19.5 Å². The molecule has 2 atom stereocenters. The summed E-state index contributed by atoms with van der Waals surface area (Å²) in [6.45, 7) is 5.50.